The standard InChI is InChI=1S/C8H9NS/c1-4-7(5-2)8(10)6-9-3/h1,5-6,10H,2H2,3H3/b8-7+,9-6-. The Labute approximate surface area is 67.0 Å². The van der Waals surface area contributed by atoms with Crippen LogP contribution < -0.4 is 0 Å². The van der Waals surface area contributed by atoms with Crippen LogP contribution in [0.25, 0.3) is 0 Å². The molecule has 0 fully saturated rings. The van der Waals surface area contributed by atoms with E-state index in [1.165, 1.54) is 0 Å². The molecule has 0 aromatic carbocycles. The second-order valence-electron chi connectivity index (χ2n) is 1.53. The summed E-state index contributed by atoms with van der Waals surface area (Å²) < 4.78 is 0. The van der Waals surface area contributed by atoms with Gasteiger partial charge in [0.25, 0.3) is 0 Å². The minimum Gasteiger partial charge on any atom is -0.295 e. The molecule has 0 radical (unpaired) electrons. The molecule has 0 saturated heterocycles. The fraction of sp³-hybridized carbons (Fsp3) is 0.125. The molecular formula is C8H9NS. The first-order valence-electron chi connectivity index (χ1n) is 2.70. The van der Waals surface area contributed by atoms with Crippen LogP contribution in [0.2, 0.25) is 0 Å². The maximum absolute atomic E-state index is 5.12. The van der Waals surface area contributed by atoms with Gasteiger partial charge in [0.1, 0.15) is 0 Å². The van der Waals surface area contributed by atoms with E-state index in [0.717, 1.165) is 0 Å². The van der Waals surface area contributed by atoms with E-state index in [-0.39, 0.29) is 0 Å². The molecule has 10 heavy (non-hydrogen) atoms. The lowest BCUT2D eigenvalue weighted by Crippen LogP contribution is -1.80. The number of nitrogens with zero attached hydrogens (tertiary/aromatic N) is 1. The molecule has 0 rings (SSSR count). The number of thiol groups is 1. The van der Waals surface area contributed by atoms with Gasteiger partial charge in [-0.25, -0.2) is 0 Å². The Morgan fingerprint density at radius 1 is 1.80 bits per heavy atom. The number of hydrogen-bond acceptors (Lipinski definition) is 2. The molecule has 0 saturated carbocycles. The molecule has 0 amide bonds. The van der Waals surface area contributed by atoms with E-state index in [2.05, 4.69) is 30.1 Å². The molecule has 0 atom stereocenters. The first-order chi connectivity index (χ1) is 4.76. The molecule has 0 heterocycles. The van der Waals surface area contributed by atoms with E-state index in [4.69, 9.17) is 6.42 Å². The predicted molar refractivity (Wildman–Crippen MR) is 49.5 cm³/mol. The summed E-state index contributed by atoms with van der Waals surface area (Å²) in [5, 5.41) is 0. The first kappa shape index (κ1) is 9.06. The van der Waals surface area contributed by atoms with Crippen molar-refractivity contribution < 1.29 is 0 Å². The van der Waals surface area contributed by atoms with Crippen molar-refractivity contribution in [1.29, 1.82) is 0 Å². The Morgan fingerprint density at radius 3 is 2.70 bits per heavy atom. The Balaban J connectivity index is 4.64. The summed E-state index contributed by atoms with van der Waals surface area (Å²) in [7, 11) is 1.66. The van der Waals surface area contributed by atoms with E-state index in [1.54, 1.807) is 19.3 Å². The Bertz CT molecular complexity index is 218. The summed E-state index contributed by atoms with van der Waals surface area (Å²) in [5.41, 5.74) is 0.661. The molecule has 0 unspecified atom stereocenters. The average molecular weight is 151 g/mol. The molecule has 0 N–H and O–H groups in total. The van der Waals surface area contributed by atoms with Crippen molar-refractivity contribution in [1.82, 2.24) is 0 Å². The summed E-state index contributed by atoms with van der Waals surface area (Å²) in [6.45, 7) is 3.52. The number of rotatable bonds is 2. The molecule has 0 aliphatic rings. The SMILES string of the molecule is C#C/C(C=C)=C(S)/C=N\C. The maximum atomic E-state index is 5.12. The second-order valence-corrected chi connectivity index (χ2v) is 2.02. The molecule has 0 bridgehead atoms. The molecule has 0 aromatic heterocycles. The largest absolute Gasteiger partial charge is 0.295 e. The normalized spacial score (nSPS) is 12.5. The van der Waals surface area contributed by atoms with Crippen LogP contribution in [-0.4, -0.2) is 13.3 Å². The van der Waals surface area contributed by atoms with Crippen LogP contribution in [0.3, 0.4) is 0 Å². The highest BCUT2D eigenvalue weighted by Crippen LogP contribution is 2.05. The van der Waals surface area contributed by atoms with Crippen LogP contribution in [-0.2, 0) is 0 Å². The van der Waals surface area contributed by atoms with Gasteiger partial charge >= 0.3 is 0 Å². The molecule has 1 nitrogen and oxygen atoms in total. The molecule has 0 aliphatic heterocycles. The van der Waals surface area contributed by atoms with Crippen molar-refractivity contribution in [3.8, 4) is 12.3 Å². The van der Waals surface area contributed by atoms with Gasteiger partial charge in [0.15, 0.2) is 0 Å². The summed E-state index contributed by atoms with van der Waals surface area (Å²) in [4.78, 5) is 4.42. The molecule has 2 heteroatoms. The van der Waals surface area contributed by atoms with E-state index in [1.807, 2.05) is 0 Å². The monoisotopic (exact) mass is 151 g/mol. The summed E-state index contributed by atoms with van der Waals surface area (Å²) in [6, 6.07) is 0. The fourth-order valence-electron chi connectivity index (χ4n) is 0.429. The Morgan fingerprint density at radius 2 is 2.40 bits per heavy atom. The number of hydrogen-bond donors (Lipinski definition) is 1. The van der Waals surface area contributed by atoms with Crippen molar-refractivity contribution in [3.63, 3.8) is 0 Å². The first-order valence-corrected chi connectivity index (χ1v) is 3.15. The van der Waals surface area contributed by atoms with Gasteiger partial charge in [-0.15, -0.1) is 19.1 Å². The Hall–Kier alpha value is -0.940. The number of allylic oxidation sites excluding steroid dienone is 3. The average Bonchev–Trinajstić information content (AvgIpc) is 1.91. The topological polar surface area (TPSA) is 12.4 Å². The molecular weight excluding hydrogens is 142 g/mol. The number of aliphatic imine (C=N–C) groups is 1. The van der Waals surface area contributed by atoms with Gasteiger partial charge in [0.2, 0.25) is 0 Å². The third-order valence-corrected chi connectivity index (χ3v) is 1.24. The quantitative estimate of drug-likeness (QED) is 0.267. The summed E-state index contributed by atoms with van der Waals surface area (Å²) >= 11 is 4.08. The highest BCUT2D eigenvalue weighted by Gasteiger charge is 1.89. The van der Waals surface area contributed by atoms with Gasteiger partial charge in [-0.05, 0) is 0 Å². The van der Waals surface area contributed by atoms with Crippen LogP contribution in [0, 0.1) is 12.3 Å². The highest BCUT2D eigenvalue weighted by atomic mass is 32.1. The molecule has 0 aliphatic carbocycles. The minimum atomic E-state index is 0.661. The van der Waals surface area contributed by atoms with Crippen LogP contribution in [0.1, 0.15) is 0 Å². The van der Waals surface area contributed by atoms with Crippen molar-refractivity contribution in [2.24, 2.45) is 4.99 Å². The highest BCUT2D eigenvalue weighted by molar-refractivity contribution is 7.85. The zero-order valence-corrected chi connectivity index (χ0v) is 6.73. The summed E-state index contributed by atoms with van der Waals surface area (Å²) in [5.74, 6) is 2.43. The zero-order valence-electron chi connectivity index (χ0n) is 5.83. The smallest absolute Gasteiger partial charge is 0.0385 e. The number of terminal acetylenes is 1. The lowest BCUT2D eigenvalue weighted by molar-refractivity contribution is 1.47. The van der Waals surface area contributed by atoms with Crippen molar-refractivity contribution >= 4 is 18.8 Å². The third-order valence-electron chi connectivity index (χ3n) is 0.887. The molecule has 52 valence electrons. The Kier molecular flexibility index (Phi) is 4.43. The van der Waals surface area contributed by atoms with Crippen LogP contribution in [0.5, 0.6) is 0 Å². The maximum Gasteiger partial charge on any atom is 0.0385 e. The van der Waals surface area contributed by atoms with Gasteiger partial charge in [0, 0.05) is 23.7 Å². The van der Waals surface area contributed by atoms with Crippen LogP contribution in [0.4, 0.5) is 0 Å². The van der Waals surface area contributed by atoms with Gasteiger partial charge in [-0.3, -0.25) is 4.99 Å². The summed E-state index contributed by atoms with van der Waals surface area (Å²) in [6.07, 6.45) is 8.28. The van der Waals surface area contributed by atoms with Crippen LogP contribution >= 0.6 is 12.6 Å². The van der Waals surface area contributed by atoms with E-state index in [9.17, 15) is 0 Å². The molecule has 0 aromatic rings. The van der Waals surface area contributed by atoms with E-state index in [0.29, 0.717) is 10.5 Å². The van der Waals surface area contributed by atoms with Crippen molar-refractivity contribution in [2.45, 2.75) is 0 Å². The fourth-order valence-corrected chi connectivity index (χ4v) is 0.701. The van der Waals surface area contributed by atoms with Crippen molar-refractivity contribution in [3.05, 3.63) is 23.1 Å². The third kappa shape index (κ3) is 2.56. The lowest BCUT2D eigenvalue weighted by atomic mass is 10.2. The second kappa shape index (κ2) is 4.89. The van der Waals surface area contributed by atoms with E-state index >= 15 is 0 Å². The van der Waals surface area contributed by atoms with Crippen molar-refractivity contribution in [2.75, 3.05) is 7.05 Å². The minimum absolute atomic E-state index is 0.661. The van der Waals surface area contributed by atoms with Gasteiger partial charge in [0.05, 0.1) is 0 Å². The predicted octanol–water partition coefficient (Wildman–Crippen LogP) is 1.69. The molecule has 0 spiro atoms. The van der Waals surface area contributed by atoms with Gasteiger partial charge < -0.3 is 0 Å². The van der Waals surface area contributed by atoms with Crippen LogP contribution in [0.15, 0.2) is 28.1 Å². The van der Waals surface area contributed by atoms with Gasteiger partial charge in [-0.2, -0.15) is 0 Å². The lowest BCUT2D eigenvalue weighted by Gasteiger charge is -1.91. The zero-order chi connectivity index (χ0) is 7.98. The van der Waals surface area contributed by atoms with E-state index < -0.39 is 0 Å². The van der Waals surface area contributed by atoms with Gasteiger partial charge in [-0.1, -0.05) is 18.6 Å².